The van der Waals surface area contributed by atoms with Gasteiger partial charge in [0.1, 0.15) is 0 Å². The Morgan fingerprint density at radius 1 is 1.05 bits per heavy atom. The topological polar surface area (TPSA) is 37.4 Å². The van der Waals surface area contributed by atoms with E-state index >= 15 is 0 Å². The Morgan fingerprint density at radius 3 is 2.45 bits per heavy atom. The van der Waals surface area contributed by atoms with Crippen LogP contribution in [-0.4, -0.2) is 18.7 Å². The van der Waals surface area contributed by atoms with E-state index in [0.29, 0.717) is 5.02 Å². The molecule has 1 aliphatic heterocycles. The van der Waals surface area contributed by atoms with Crippen LogP contribution in [0.3, 0.4) is 0 Å². The second-order valence-corrected chi connectivity index (χ2v) is 5.21. The summed E-state index contributed by atoms with van der Waals surface area (Å²) in [4.78, 5) is 25.9. The van der Waals surface area contributed by atoms with Gasteiger partial charge in [0.15, 0.2) is 0 Å². The number of nitrogens with zero attached hydrogens (tertiary/aromatic N) is 1. The number of halogens is 1. The van der Waals surface area contributed by atoms with Gasteiger partial charge < -0.3 is 4.90 Å². The van der Waals surface area contributed by atoms with Crippen LogP contribution in [-0.2, 0) is 9.59 Å². The summed E-state index contributed by atoms with van der Waals surface area (Å²) in [6.45, 7) is 0. The molecule has 0 saturated carbocycles. The van der Waals surface area contributed by atoms with Crippen molar-refractivity contribution in [3.63, 3.8) is 0 Å². The van der Waals surface area contributed by atoms with Gasteiger partial charge >= 0.3 is 0 Å². The third-order valence-corrected chi connectivity index (χ3v) is 3.81. The van der Waals surface area contributed by atoms with Gasteiger partial charge in [-0.05, 0) is 29.3 Å². The van der Waals surface area contributed by atoms with Gasteiger partial charge in [0.2, 0.25) is 5.78 Å². The normalized spacial score (nSPS) is 18.1. The minimum atomic E-state index is -0.575. The number of rotatable bonds is 1. The van der Waals surface area contributed by atoms with Crippen molar-refractivity contribution < 1.29 is 9.59 Å². The second-order valence-electron chi connectivity index (χ2n) is 4.78. The lowest BCUT2D eigenvalue weighted by Gasteiger charge is -2.30. The Morgan fingerprint density at radius 2 is 1.75 bits per heavy atom. The summed E-state index contributed by atoms with van der Waals surface area (Å²) < 4.78 is 0. The highest BCUT2D eigenvalue weighted by Gasteiger charge is 2.38. The van der Waals surface area contributed by atoms with Gasteiger partial charge in [-0.3, -0.25) is 9.59 Å². The largest absolute Gasteiger partial charge is 0.309 e. The first-order chi connectivity index (χ1) is 9.59. The second kappa shape index (κ2) is 4.76. The summed E-state index contributed by atoms with van der Waals surface area (Å²) in [6, 6.07) is 14.6. The van der Waals surface area contributed by atoms with Crippen molar-refractivity contribution in [1.82, 2.24) is 0 Å². The van der Waals surface area contributed by atoms with Gasteiger partial charge in [-0.2, -0.15) is 0 Å². The maximum Gasteiger partial charge on any atom is 0.295 e. The third-order valence-electron chi connectivity index (χ3n) is 3.57. The summed E-state index contributed by atoms with van der Waals surface area (Å²) in [5.41, 5.74) is 2.31. The maximum atomic E-state index is 12.4. The number of ketones is 1. The van der Waals surface area contributed by atoms with Crippen molar-refractivity contribution in [2.24, 2.45) is 0 Å². The average Bonchev–Trinajstić information content (AvgIpc) is 2.46. The van der Waals surface area contributed by atoms with Gasteiger partial charge in [-0.25, -0.2) is 0 Å². The number of hydrogen-bond donors (Lipinski definition) is 0. The van der Waals surface area contributed by atoms with Crippen LogP contribution < -0.4 is 4.90 Å². The fourth-order valence-electron chi connectivity index (χ4n) is 2.58. The zero-order valence-corrected chi connectivity index (χ0v) is 11.6. The molecule has 20 heavy (non-hydrogen) atoms. The van der Waals surface area contributed by atoms with E-state index in [1.165, 1.54) is 4.90 Å². The molecular formula is C16H12ClNO2. The number of benzene rings is 2. The molecule has 4 heteroatoms. The van der Waals surface area contributed by atoms with Crippen molar-refractivity contribution in [2.45, 2.75) is 5.92 Å². The smallest absolute Gasteiger partial charge is 0.295 e. The van der Waals surface area contributed by atoms with Crippen LogP contribution in [0.2, 0.25) is 5.02 Å². The van der Waals surface area contributed by atoms with Gasteiger partial charge in [0.05, 0.1) is 5.92 Å². The summed E-state index contributed by atoms with van der Waals surface area (Å²) in [6.07, 6.45) is 0. The third kappa shape index (κ3) is 1.91. The molecule has 0 spiro atoms. The molecule has 0 aliphatic carbocycles. The predicted molar refractivity (Wildman–Crippen MR) is 78.2 cm³/mol. The lowest BCUT2D eigenvalue weighted by Crippen LogP contribution is -2.41. The van der Waals surface area contributed by atoms with Gasteiger partial charge in [-0.15, -0.1) is 0 Å². The van der Waals surface area contributed by atoms with Crippen molar-refractivity contribution in [3.8, 4) is 0 Å². The summed E-state index contributed by atoms with van der Waals surface area (Å²) in [7, 11) is 1.61. The van der Waals surface area contributed by atoms with Crippen LogP contribution in [0.15, 0.2) is 48.5 Å². The van der Waals surface area contributed by atoms with Crippen molar-refractivity contribution in [1.29, 1.82) is 0 Å². The summed E-state index contributed by atoms with van der Waals surface area (Å²) >= 11 is 6.05. The van der Waals surface area contributed by atoms with E-state index in [0.717, 1.165) is 16.8 Å². The molecule has 0 bridgehead atoms. The standard InChI is InChI=1S/C16H12ClNO2/c1-18-13-8-7-11(17)9-12(13)14(15(19)16(18)20)10-5-3-2-4-6-10/h2-9,14H,1H3. The number of amides is 1. The molecule has 1 heterocycles. The van der Waals surface area contributed by atoms with Crippen LogP contribution in [0.25, 0.3) is 0 Å². The first-order valence-electron chi connectivity index (χ1n) is 6.26. The number of hydrogen-bond acceptors (Lipinski definition) is 2. The van der Waals surface area contributed by atoms with Crippen molar-refractivity contribution in [3.05, 3.63) is 64.7 Å². The highest BCUT2D eigenvalue weighted by atomic mass is 35.5. The first-order valence-corrected chi connectivity index (χ1v) is 6.63. The van der Waals surface area contributed by atoms with Crippen LogP contribution in [0.5, 0.6) is 0 Å². The predicted octanol–water partition coefficient (Wildman–Crippen LogP) is 3.02. The SMILES string of the molecule is CN1C(=O)C(=O)C(c2ccccc2)c2cc(Cl)ccc21. The molecule has 100 valence electrons. The van der Waals surface area contributed by atoms with Crippen molar-refractivity contribution >= 4 is 29.0 Å². The summed E-state index contributed by atoms with van der Waals surface area (Å²) in [5, 5.41) is 0.556. The Balaban J connectivity index is 2.24. The molecule has 1 unspecified atom stereocenters. The van der Waals surface area contributed by atoms with E-state index in [9.17, 15) is 9.59 Å². The maximum absolute atomic E-state index is 12.4. The minimum Gasteiger partial charge on any atom is -0.309 e. The molecule has 0 N–H and O–H groups in total. The van der Waals surface area contributed by atoms with E-state index in [1.54, 1.807) is 25.2 Å². The lowest BCUT2D eigenvalue weighted by molar-refractivity contribution is -0.136. The highest BCUT2D eigenvalue weighted by molar-refractivity contribution is 6.45. The molecule has 0 aromatic heterocycles. The molecular weight excluding hydrogens is 274 g/mol. The number of anilines is 1. The Kier molecular flexibility index (Phi) is 3.07. The Labute approximate surface area is 121 Å². The minimum absolute atomic E-state index is 0.423. The van der Waals surface area contributed by atoms with Gasteiger partial charge in [0, 0.05) is 17.8 Å². The zero-order chi connectivity index (χ0) is 14.3. The molecule has 1 atom stereocenters. The molecule has 2 aromatic rings. The molecule has 0 saturated heterocycles. The monoisotopic (exact) mass is 285 g/mol. The average molecular weight is 286 g/mol. The van der Waals surface area contributed by atoms with Crippen molar-refractivity contribution in [2.75, 3.05) is 11.9 Å². The Bertz CT molecular complexity index is 697. The lowest BCUT2D eigenvalue weighted by atomic mass is 9.83. The number of fused-ring (bicyclic) bond motifs is 1. The van der Waals surface area contributed by atoms with Crippen LogP contribution in [0.1, 0.15) is 17.0 Å². The number of likely N-dealkylation sites (N-methyl/N-ethyl adjacent to an activating group) is 1. The van der Waals surface area contributed by atoms with Crippen LogP contribution in [0.4, 0.5) is 5.69 Å². The van der Waals surface area contributed by atoms with E-state index in [4.69, 9.17) is 11.6 Å². The Hall–Kier alpha value is -2.13. The number of carbonyl (C=O) groups is 2. The zero-order valence-electron chi connectivity index (χ0n) is 10.8. The van der Waals surface area contributed by atoms with Crippen LogP contribution >= 0.6 is 11.6 Å². The fraction of sp³-hybridized carbons (Fsp3) is 0.125. The number of Topliss-reactive ketones (excluding diaryl/α,β-unsaturated/α-hetero) is 1. The van der Waals surface area contributed by atoms with Gasteiger partial charge in [0.25, 0.3) is 5.91 Å². The van der Waals surface area contributed by atoms with E-state index in [1.807, 2.05) is 30.3 Å². The highest BCUT2D eigenvalue weighted by Crippen LogP contribution is 2.38. The quantitative estimate of drug-likeness (QED) is 0.755. The van der Waals surface area contributed by atoms with E-state index in [-0.39, 0.29) is 0 Å². The molecule has 2 aromatic carbocycles. The first kappa shape index (κ1) is 12.9. The molecule has 3 nitrogen and oxygen atoms in total. The van der Waals surface area contributed by atoms with Gasteiger partial charge in [-0.1, -0.05) is 41.9 Å². The molecule has 0 fully saturated rings. The van der Waals surface area contributed by atoms with E-state index < -0.39 is 17.6 Å². The molecule has 1 aliphatic rings. The van der Waals surface area contributed by atoms with Crippen LogP contribution in [0, 0.1) is 0 Å². The molecule has 3 rings (SSSR count). The fourth-order valence-corrected chi connectivity index (χ4v) is 2.76. The van der Waals surface area contributed by atoms with E-state index in [2.05, 4.69) is 0 Å². The number of carbonyl (C=O) groups excluding carboxylic acids is 2. The molecule has 0 radical (unpaired) electrons. The summed E-state index contributed by atoms with van der Waals surface area (Å²) in [5.74, 6) is -1.49. The molecule has 1 amide bonds.